The Morgan fingerprint density at radius 2 is 1.53 bits per heavy atom. The maximum absolute atomic E-state index is 12.9. The summed E-state index contributed by atoms with van der Waals surface area (Å²) in [5, 5.41) is 0. The van der Waals surface area contributed by atoms with E-state index in [2.05, 4.69) is 0 Å². The molecular formula is C27H28N2O5. The van der Waals surface area contributed by atoms with Crippen LogP contribution in [0.2, 0.25) is 0 Å². The molecule has 3 atom stereocenters. The fourth-order valence-corrected chi connectivity index (χ4v) is 5.52. The molecule has 0 aromatic heterocycles. The van der Waals surface area contributed by atoms with Gasteiger partial charge in [0.25, 0.3) is 0 Å². The number of nitrogens with zero attached hydrogens (tertiary/aromatic N) is 2. The molecule has 2 aromatic rings. The lowest BCUT2D eigenvalue weighted by Gasteiger charge is -2.19. The van der Waals surface area contributed by atoms with Crippen molar-refractivity contribution < 1.29 is 23.9 Å². The highest BCUT2D eigenvalue weighted by molar-refractivity contribution is 6.22. The van der Waals surface area contributed by atoms with Crippen LogP contribution in [0, 0.1) is 31.6 Å². The van der Waals surface area contributed by atoms with Gasteiger partial charge in [0.2, 0.25) is 17.7 Å². The van der Waals surface area contributed by atoms with Gasteiger partial charge in [0, 0.05) is 24.7 Å². The van der Waals surface area contributed by atoms with Crippen molar-refractivity contribution in [2.24, 2.45) is 17.8 Å². The average Bonchev–Trinajstić information content (AvgIpc) is 3.31. The SMILES string of the molecule is Cc1cc(C)cc(N2C[C@H](C(=O)Oc3cccc(N4C(=O)[C@H]5CCCC[C@H]5C4=O)c3)CC2=O)c1. The number of aryl methyl sites for hydroxylation is 2. The first kappa shape index (κ1) is 22.3. The Kier molecular flexibility index (Phi) is 5.71. The molecule has 5 rings (SSSR count). The number of imide groups is 1. The number of carbonyl (C=O) groups excluding carboxylic acids is 4. The zero-order valence-corrected chi connectivity index (χ0v) is 19.5. The van der Waals surface area contributed by atoms with E-state index >= 15 is 0 Å². The molecule has 3 amide bonds. The van der Waals surface area contributed by atoms with Crippen molar-refractivity contribution in [3.05, 3.63) is 53.6 Å². The van der Waals surface area contributed by atoms with Crippen LogP contribution in [0.15, 0.2) is 42.5 Å². The van der Waals surface area contributed by atoms with E-state index in [1.807, 2.05) is 32.0 Å². The molecule has 2 aromatic carbocycles. The summed E-state index contributed by atoms with van der Waals surface area (Å²) in [5.41, 5.74) is 3.31. The first-order chi connectivity index (χ1) is 16.3. The molecular weight excluding hydrogens is 432 g/mol. The minimum atomic E-state index is -0.588. The number of hydrogen-bond donors (Lipinski definition) is 0. The number of esters is 1. The molecule has 0 spiro atoms. The summed E-state index contributed by atoms with van der Waals surface area (Å²) in [6, 6.07) is 12.4. The summed E-state index contributed by atoms with van der Waals surface area (Å²) in [5.74, 6) is -1.75. The van der Waals surface area contributed by atoms with Crippen LogP contribution in [0.5, 0.6) is 5.75 Å². The van der Waals surface area contributed by atoms with Crippen LogP contribution in [0.3, 0.4) is 0 Å². The van der Waals surface area contributed by atoms with Crippen molar-refractivity contribution in [2.45, 2.75) is 46.0 Å². The molecule has 0 N–H and O–H groups in total. The van der Waals surface area contributed by atoms with Crippen LogP contribution < -0.4 is 14.5 Å². The lowest BCUT2D eigenvalue weighted by Crippen LogP contribution is -2.31. The molecule has 0 bridgehead atoms. The van der Waals surface area contributed by atoms with Crippen LogP contribution in [-0.4, -0.2) is 30.2 Å². The standard InChI is InChI=1S/C27H28N2O5/c1-16-10-17(2)12-20(11-16)28-15-18(13-24(28)30)27(33)34-21-7-5-6-19(14-21)29-25(31)22-8-3-4-9-23(22)26(29)32/h5-7,10-12,14,18,22-23H,3-4,8-9,13,15H2,1-2H3/t18-,22-,23+/m1/s1. The van der Waals surface area contributed by atoms with Crippen molar-refractivity contribution in [2.75, 3.05) is 16.3 Å². The quantitative estimate of drug-likeness (QED) is 0.392. The first-order valence-electron chi connectivity index (χ1n) is 11.9. The molecule has 2 heterocycles. The van der Waals surface area contributed by atoms with Crippen LogP contribution in [0.4, 0.5) is 11.4 Å². The summed E-state index contributed by atoms with van der Waals surface area (Å²) in [6.07, 6.45) is 3.49. The molecule has 1 aliphatic carbocycles. The molecule has 34 heavy (non-hydrogen) atoms. The molecule has 0 unspecified atom stereocenters. The predicted octanol–water partition coefficient (Wildman–Crippen LogP) is 3.94. The number of fused-ring (bicyclic) bond motifs is 1. The maximum Gasteiger partial charge on any atom is 0.316 e. The third-order valence-corrected chi connectivity index (χ3v) is 7.11. The number of amides is 3. The molecule has 0 radical (unpaired) electrons. The van der Waals surface area contributed by atoms with Crippen LogP contribution in [0.25, 0.3) is 0 Å². The number of ether oxygens (including phenoxy) is 1. The van der Waals surface area contributed by atoms with Crippen molar-refractivity contribution >= 4 is 35.1 Å². The van der Waals surface area contributed by atoms with Gasteiger partial charge in [0.1, 0.15) is 5.75 Å². The van der Waals surface area contributed by atoms with Gasteiger partial charge >= 0.3 is 5.97 Å². The molecule has 7 nitrogen and oxygen atoms in total. The largest absolute Gasteiger partial charge is 0.426 e. The Balaban J connectivity index is 1.30. The van der Waals surface area contributed by atoms with Crippen molar-refractivity contribution in [1.29, 1.82) is 0 Å². The monoisotopic (exact) mass is 460 g/mol. The van der Waals surface area contributed by atoms with Gasteiger partial charge in [-0.05, 0) is 62.1 Å². The van der Waals surface area contributed by atoms with E-state index in [0.717, 1.165) is 42.5 Å². The second-order valence-electron chi connectivity index (χ2n) is 9.68. The Morgan fingerprint density at radius 1 is 0.882 bits per heavy atom. The Labute approximate surface area is 198 Å². The summed E-state index contributed by atoms with van der Waals surface area (Å²) in [4.78, 5) is 54.2. The number of benzene rings is 2. The fraction of sp³-hybridized carbons (Fsp3) is 0.407. The number of anilines is 2. The zero-order valence-electron chi connectivity index (χ0n) is 19.5. The minimum Gasteiger partial charge on any atom is -0.426 e. The minimum absolute atomic E-state index is 0.0813. The van der Waals surface area contributed by atoms with Gasteiger partial charge in [-0.25, -0.2) is 4.90 Å². The maximum atomic E-state index is 12.9. The molecule has 176 valence electrons. The second-order valence-corrected chi connectivity index (χ2v) is 9.68. The smallest absolute Gasteiger partial charge is 0.316 e. The molecule has 2 aliphatic heterocycles. The predicted molar refractivity (Wildman–Crippen MR) is 126 cm³/mol. The van der Waals surface area contributed by atoms with Gasteiger partial charge in [-0.15, -0.1) is 0 Å². The van der Waals surface area contributed by atoms with E-state index in [0.29, 0.717) is 5.69 Å². The van der Waals surface area contributed by atoms with E-state index in [1.54, 1.807) is 29.2 Å². The average molecular weight is 461 g/mol. The van der Waals surface area contributed by atoms with Crippen molar-refractivity contribution in [3.8, 4) is 5.75 Å². The van der Waals surface area contributed by atoms with E-state index in [9.17, 15) is 19.2 Å². The molecule has 2 saturated heterocycles. The first-order valence-corrected chi connectivity index (χ1v) is 11.9. The van der Waals surface area contributed by atoms with E-state index in [4.69, 9.17) is 4.74 Å². The number of rotatable bonds is 4. The lowest BCUT2D eigenvalue weighted by atomic mass is 9.81. The number of carbonyl (C=O) groups is 4. The summed E-state index contributed by atoms with van der Waals surface area (Å²) in [7, 11) is 0. The van der Waals surface area contributed by atoms with E-state index in [1.165, 1.54) is 4.90 Å². The van der Waals surface area contributed by atoms with Gasteiger partial charge in [0.15, 0.2) is 0 Å². The summed E-state index contributed by atoms with van der Waals surface area (Å²) >= 11 is 0. The van der Waals surface area contributed by atoms with Gasteiger partial charge in [-0.2, -0.15) is 0 Å². The van der Waals surface area contributed by atoms with Crippen molar-refractivity contribution in [1.82, 2.24) is 0 Å². The summed E-state index contributed by atoms with van der Waals surface area (Å²) in [6.45, 7) is 4.20. The lowest BCUT2D eigenvalue weighted by molar-refractivity contribution is -0.139. The van der Waals surface area contributed by atoms with Gasteiger partial charge in [0.05, 0.1) is 23.4 Å². The van der Waals surface area contributed by atoms with E-state index in [-0.39, 0.29) is 48.3 Å². The third kappa shape index (κ3) is 4.00. The Morgan fingerprint density at radius 3 is 2.18 bits per heavy atom. The fourth-order valence-electron chi connectivity index (χ4n) is 5.52. The van der Waals surface area contributed by atoms with Crippen LogP contribution >= 0.6 is 0 Å². The highest BCUT2D eigenvalue weighted by atomic mass is 16.5. The van der Waals surface area contributed by atoms with Crippen LogP contribution in [-0.2, 0) is 19.2 Å². The van der Waals surface area contributed by atoms with Crippen LogP contribution in [0.1, 0.15) is 43.2 Å². The molecule has 3 fully saturated rings. The normalized spacial score (nSPS) is 24.5. The van der Waals surface area contributed by atoms with Crippen molar-refractivity contribution in [3.63, 3.8) is 0 Å². The molecule has 3 aliphatic rings. The number of hydrogen-bond acceptors (Lipinski definition) is 5. The molecule has 7 heteroatoms. The topological polar surface area (TPSA) is 84.0 Å². The second kappa shape index (κ2) is 8.70. The summed E-state index contributed by atoms with van der Waals surface area (Å²) < 4.78 is 5.60. The third-order valence-electron chi connectivity index (χ3n) is 7.11. The zero-order chi connectivity index (χ0) is 24.0. The highest BCUT2D eigenvalue weighted by Gasteiger charge is 2.48. The highest BCUT2D eigenvalue weighted by Crippen LogP contribution is 2.40. The molecule has 1 saturated carbocycles. The Bertz CT molecular complexity index is 1150. The van der Waals surface area contributed by atoms with Gasteiger partial charge < -0.3 is 9.64 Å². The van der Waals surface area contributed by atoms with E-state index < -0.39 is 11.9 Å². The Hall–Kier alpha value is -3.48. The van der Waals surface area contributed by atoms with Gasteiger partial charge in [-0.1, -0.05) is 25.0 Å². The van der Waals surface area contributed by atoms with Gasteiger partial charge in [-0.3, -0.25) is 19.2 Å².